The molecule has 0 spiro atoms. The molecule has 5 heteroatoms. The Balaban J connectivity index is 2.65. The second-order valence-corrected chi connectivity index (χ2v) is 10.1. The quantitative estimate of drug-likeness (QED) is 0.155. The standard InChI is InChI=1S/C26H48N2O3/c1-7-9-10-11-12-13-14-15-16-17-18-31-26-24(21-27(3,4)29)19-23(8-2)20-25(26)22-28(5,6)30/h19-20H,7-18,21-22H2,1-6H3. The Bertz CT molecular complexity index is 581. The van der Waals surface area contributed by atoms with Gasteiger partial charge in [0, 0.05) is 11.1 Å². The number of aryl methyl sites for hydroxylation is 1. The van der Waals surface area contributed by atoms with E-state index in [0.717, 1.165) is 35.3 Å². The molecule has 5 nitrogen and oxygen atoms in total. The summed E-state index contributed by atoms with van der Waals surface area (Å²) in [6.45, 7) is 5.69. The summed E-state index contributed by atoms with van der Waals surface area (Å²) in [7, 11) is 6.60. The van der Waals surface area contributed by atoms with Crippen molar-refractivity contribution in [1.29, 1.82) is 0 Å². The molecule has 0 saturated heterocycles. The highest BCUT2D eigenvalue weighted by Gasteiger charge is 2.19. The van der Waals surface area contributed by atoms with Crippen LogP contribution in [-0.4, -0.2) is 44.1 Å². The van der Waals surface area contributed by atoms with Gasteiger partial charge >= 0.3 is 0 Å². The second-order valence-electron chi connectivity index (χ2n) is 10.1. The number of unbranched alkanes of at least 4 members (excludes halogenated alkanes) is 9. The van der Waals surface area contributed by atoms with Gasteiger partial charge in [0.15, 0.2) is 0 Å². The first-order valence-corrected chi connectivity index (χ1v) is 12.4. The number of nitrogens with zero attached hydrogens (tertiary/aromatic N) is 2. The summed E-state index contributed by atoms with van der Waals surface area (Å²) in [5, 5.41) is 24.8. The first-order valence-electron chi connectivity index (χ1n) is 12.4. The van der Waals surface area contributed by atoms with Crippen molar-refractivity contribution in [2.24, 2.45) is 0 Å². The maximum atomic E-state index is 12.4. The van der Waals surface area contributed by atoms with Gasteiger partial charge in [0.2, 0.25) is 0 Å². The minimum absolute atomic E-state index is 0.348. The molecule has 0 aliphatic rings. The molecule has 0 aliphatic heterocycles. The zero-order valence-corrected chi connectivity index (χ0v) is 21.2. The van der Waals surface area contributed by atoms with Crippen molar-refractivity contribution >= 4 is 0 Å². The van der Waals surface area contributed by atoms with Crippen LogP contribution in [0.4, 0.5) is 0 Å². The van der Waals surface area contributed by atoms with Crippen LogP contribution in [0.15, 0.2) is 12.1 Å². The topological polar surface area (TPSA) is 55.3 Å². The Morgan fingerprint density at radius 3 is 1.48 bits per heavy atom. The third-order valence-electron chi connectivity index (χ3n) is 5.56. The number of hydrogen-bond acceptors (Lipinski definition) is 3. The summed E-state index contributed by atoms with van der Waals surface area (Å²) in [6, 6.07) is 4.17. The molecule has 31 heavy (non-hydrogen) atoms. The molecule has 1 aromatic rings. The van der Waals surface area contributed by atoms with Crippen molar-refractivity contribution in [3.05, 3.63) is 39.2 Å². The zero-order chi connectivity index (χ0) is 23.3. The molecule has 0 fully saturated rings. The largest absolute Gasteiger partial charge is 0.633 e. The minimum atomic E-state index is -0.406. The lowest BCUT2D eigenvalue weighted by Gasteiger charge is -2.36. The molecule has 0 bridgehead atoms. The first kappa shape index (κ1) is 27.9. The lowest BCUT2D eigenvalue weighted by atomic mass is 10.0. The van der Waals surface area contributed by atoms with Crippen LogP contribution in [0.25, 0.3) is 0 Å². The second kappa shape index (κ2) is 14.1. The van der Waals surface area contributed by atoms with Gasteiger partial charge in [-0.15, -0.1) is 0 Å². The first-order chi connectivity index (χ1) is 14.6. The summed E-state index contributed by atoms with van der Waals surface area (Å²) >= 11 is 0. The summed E-state index contributed by atoms with van der Waals surface area (Å²) in [4.78, 5) is 0. The highest BCUT2D eigenvalue weighted by atomic mass is 16.5. The van der Waals surface area contributed by atoms with Crippen molar-refractivity contribution in [1.82, 2.24) is 0 Å². The van der Waals surface area contributed by atoms with E-state index in [2.05, 4.69) is 26.0 Å². The van der Waals surface area contributed by atoms with Gasteiger partial charge in [-0.2, -0.15) is 0 Å². The number of quaternary nitrogens is 2. The molecular formula is C26H48N2O3. The summed E-state index contributed by atoms with van der Waals surface area (Å²) in [5.74, 6) is 0.761. The fraction of sp³-hybridized carbons (Fsp3) is 0.769. The highest BCUT2D eigenvalue weighted by Crippen LogP contribution is 2.31. The van der Waals surface area contributed by atoms with Gasteiger partial charge < -0.3 is 24.4 Å². The molecule has 180 valence electrons. The van der Waals surface area contributed by atoms with E-state index in [1.807, 2.05) is 0 Å². The van der Waals surface area contributed by atoms with Crippen molar-refractivity contribution in [2.75, 3.05) is 34.8 Å². The Morgan fingerprint density at radius 1 is 0.677 bits per heavy atom. The van der Waals surface area contributed by atoms with Gasteiger partial charge in [0.25, 0.3) is 0 Å². The Labute approximate surface area is 191 Å². The van der Waals surface area contributed by atoms with E-state index in [1.165, 1.54) is 57.8 Å². The fourth-order valence-corrected chi connectivity index (χ4v) is 4.04. The number of hydrogen-bond donors (Lipinski definition) is 0. The summed E-state index contributed by atoms with van der Waals surface area (Å²) in [6.07, 6.45) is 13.7. The van der Waals surface area contributed by atoms with Crippen molar-refractivity contribution in [3.63, 3.8) is 0 Å². The number of ether oxygens (including phenoxy) is 1. The van der Waals surface area contributed by atoms with Crippen LogP contribution in [0.3, 0.4) is 0 Å². The highest BCUT2D eigenvalue weighted by molar-refractivity contribution is 5.44. The smallest absolute Gasteiger partial charge is 0.137 e. The van der Waals surface area contributed by atoms with Crippen LogP contribution in [0.1, 0.15) is 94.7 Å². The van der Waals surface area contributed by atoms with E-state index >= 15 is 0 Å². The Hall–Kier alpha value is -1.14. The molecule has 0 heterocycles. The van der Waals surface area contributed by atoms with Gasteiger partial charge in [0.1, 0.15) is 18.8 Å². The van der Waals surface area contributed by atoms with Crippen molar-refractivity contribution < 1.29 is 14.0 Å². The van der Waals surface area contributed by atoms with Crippen LogP contribution in [0.5, 0.6) is 5.75 Å². The third kappa shape index (κ3) is 13.1. The molecular weight excluding hydrogens is 388 g/mol. The number of benzene rings is 1. The summed E-state index contributed by atoms with van der Waals surface area (Å²) < 4.78 is 5.42. The van der Waals surface area contributed by atoms with E-state index in [0.29, 0.717) is 19.7 Å². The Kier molecular flexibility index (Phi) is 12.7. The van der Waals surface area contributed by atoms with Crippen LogP contribution < -0.4 is 4.74 Å². The molecule has 0 aromatic heterocycles. The van der Waals surface area contributed by atoms with Gasteiger partial charge in [-0.25, -0.2) is 0 Å². The SMILES string of the molecule is CCCCCCCCCCCCOc1c(C[N+](C)(C)[O-])cc(CC)cc1C[N+](C)(C)[O-]. The third-order valence-corrected chi connectivity index (χ3v) is 5.56. The van der Waals surface area contributed by atoms with E-state index in [1.54, 1.807) is 28.2 Å². The average molecular weight is 437 g/mol. The van der Waals surface area contributed by atoms with Crippen LogP contribution >= 0.6 is 0 Å². The lowest BCUT2D eigenvalue weighted by Crippen LogP contribution is -2.33. The number of rotatable bonds is 17. The molecule has 0 amide bonds. The van der Waals surface area contributed by atoms with Gasteiger partial charge in [0.05, 0.1) is 34.8 Å². The normalized spacial score (nSPS) is 12.4. The van der Waals surface area contributed by atoms with Gasteiger partial charge in [-0.05, 0) is 30.5 Å². The van der Waals surface area contributed by atoms with Crippen LogP contribution in [0, 0.1) is 10.4 Å². The maximum absolute atomic E-state index is 12.4. The van der Waals surface area contributed by atoms with Crippen molar-refractivity contribution in [3.8, 4) is 5.75 Å². The summed E-state index contributed by atoms with van der Waals surface area (Å²) in [5.41, 5.74) is 3.00. The Morgan fingerprint density at radius 2 is 1.10 bits per heavy atom. The molecule has 0 N–H and O–H groups in total. The monoisotopic (exact) mass is 436 g/mol. The van der Waals surface area contributed by atoms with E-state index < -0.39 is 9.29 Å². The van der Waals surface area contributed by atoms with E-state index in [4.69, 9.17) is 4.74 Å². The molecule has 0 unspecified atom stereocenters. The zero-order valence-electron chi connectivity index (χ0n) is 21.2. The van der Waals surface area contributed by atoms with E-state index in [-0.39, 0.29) is 0 Å². The molecule has 1 aromatic carbocycles. The molecule has 0 aliphatic carbocycles. The van der Waals surface area contributed by atoms with Crippen LogP contribution in [-0.2, 0) is 19.5 Å². The lowest BCUT2D eigenvalue weighted by molar-refractivity contribution is -0.854. The minimum Gasteiger partial charge on any atom is -0.633 e. The van der Waals surface area contributed by atoms with Gasteiger partial charge in [-0.1, -0.05) is 71.6 Å². The number of hydroxylamine groups is 6. The van der Waals surface area contributed by atoms with Crippen LogP contribution in [0.2, 0.25) is 0 Å². The van der Waals surface area contributed by atoms with E-state index in [9.17, 15) is 10.4 Å². The average Bonchev–Trinajstić information content (AvgIpc) is 2.65. The fourth-order valence-electron chi connectivity index (χ4n) is 4.04. The predicted octanol–water partition coefficient (Wildman–Crippen LogP) is 6.70. The maximum Gasteiger partial charge on any atom is 0.137 e. The van der Waals surface area contributed by atoms with Crippen molar-refractivity contribution in [2.45, 2.75) is 97.6 Å². The predicted molar refractivity (Wildman–Crippen MR) is 132 cm³/mol. The molecule has 0 atom stereocenters. The molecule has 0 saturated carbocycles. The van der Waals surface area contributed by atoms with Gasteiger partial charge in [-0.3, -0.25) is 0 Å². The molecule has 0 radical (unpaired) electrons. The molecule has 1 rings (SSSR count).